The normalized spacial score (nSPS) is 17.9. The van der Waals surface area contributed by atoms with Crippen LogP contribution in [0.3, 0.4) is 0 Å². The minimum absolute atomic E-state index is 0.0131. The summed E-state index contributed by atoms with van der Waals surface area (Å²) in [5.41, 5.74) is 1.34. The van der Waals surface area contributed by atoms with E-state index < -0.39 is 6.09 Å². The SMILES string of the molecule is CCOC(=O)Nc1ccc(NC(=O)C2CCCCN2)cc1. The molecule has 0 bridgehead atoms. The van der Waals surface area contributed by atoms with E-state index >= 15 is 0 Å². The molecule has 1 aromatic carbocycles. The number of hydrogen-bond acceptors (Lipinski definition) is 4. The van der Waals surface area contributed by atoms with Crippen LogP contribution >= 0.6 is 0 Å². The highest BCUT2D eigenvalue weighted by Crippen LogP contribution is 2.15. The van der Waals surface area contributed by atoms with Crippen molar-refractivity contribution in [1.29, 1.82) is 0 Å². The van der Waals surface area contributed by atoms with E-state index in [0.29, 0.717) is 18.0 Å². The van der Waals surface area contributed by atoms with Gasteiger partial charge in [-0.05, 0) is 50.6 Å². The number of nitrogens with one attached hydrogen (secondary N) is 3. The van der Waals surface area contributed by atoms with Gasteiger partial charge in [-0.2, -0.15) is 0 Å². The Morgan fingerprint density at radius 2 is 1.86 bits per heavy atom. The van der Waals surface area contributed by atoms with Crippen LogP contribution in [0.2, 0.25) is 0 Å². The predicted octanol–water partition coefficient (Wildman–Crippen LogP) is 2.34. The summed E-state index contributed by atoms with van der Waals surface area (Å²) in [6.45, 7) is 2.96. The number of carbonyl (C=O) groups excluding carboxylic acids is 2. The second-order valence-corrected chi connectivity index (χ2v) is 4.91. The zero-order valence-electron chi connectivity index (χ0n) is 12.1. The number of amides is 2. The van der Waals surface area contributed by atoms with Crippen LogP contribution < -0.4 is 16.0 Å². The molecule has 1 fully saturated rings. The second kappa shape index (κ2) is 7.64. The van der Waals surface area contributed by atoms with Crippen LogP contribution in [0.5, 0.6) is 0 Å². The average Bonchev–Trinajstić information content (AvgIpc) is 2.50. The van der Waals surface area contributed by atoms with Crippen molar-refractivity contribution in [3.05, 3.63) is 24.3 Å². The predicted molar refractivity (Wildman–Crippen MR) is 81.4 cm³/mol. The summed E-state index contributed by atoms with van der Waals surface area (Å²) in [7, 11) is 0. The molecule has 2 amide bonds. The van der Waals surface area contributed by atoms with E-state index in [1.165, 1.54) is 0 Å². The number of piperidine rings is 1. The Balaban J connectivity index is 1.86. The van der Waals surface area contributed by atoms with E-state index in [4.69, 9.17) is 4.74 Å². The highest BCUT2D eigenvalue weighted by Gasteiger charge is 2.20. The lowest BCUT2D eigenvalue weighted by molar-refractivity contribution is -0.118. The molecule has 6 heteroatoms. The number of ether oxygens (including phenoxy) is 1. The van der Waals surface area contributed by atoms with Crippen molar-refractivity contribution < 1.29 is 14.3 Å². The number of anilines is 2. The molecule has 1 aliphatic heterocycles. The van der Waals surface area contributed by atoms with Crippen LogP contribution in [0.4, 0.5) is 16.2 Å². The monoisotopic (exact) mass is 291 g/mol. The van der Waals surface area contributed by atoms with Crippen molar-refractivity contribution in [2.24, 2.45) is 0 Å². The number of benzene rings is 1. The van der Waals surface area contributed by atoms with Crippen LogP contribution in [0, 0.1) is 0 Å². The molecule has 0 aliphatic carbocycles. The molecule has 1 saturated heterocycles. The third kappa shape index (κ3) is 4.75. The quantitative estimate of drug-likeness (QED) is 0.795. The molecule has 21 heavy (non-hydrogen) atoms. The second-order valence-electron chi connectivity index (χ2n) is 4.91. The Labute approximate surface area is 124 Å². The molecule has 0 spiro atoms. The minimum atomic E-state index is -0.485. The van der Waals surface area contributed by atoms with Crippen molar-refractivity contribution in [3.8, 4) is 0 Å². The summed E-state index contributed by atoms with van der Waals surface area (Å²) < 4.78 is 4.79. The molecule has 0 saturated carbocycles. The molecular formula is C15H21N3O3. The van der Waals surface area contributed by atoms with Crippen molar-refractivity contribution in [2.45, 2.75) is 32.2 Å². The topological polar surface area (TPSA) is 79.5 Å². The molecule has 1 atom stereocenters. The zero-order valence-corrected chi connectivity index (χ0v) is 12.1. The van der Waals surface area contributed by atoms with Gasteiger partial charge in [0.25, 0.3) is 0 Å². The fourth-order valence-corrected chi connectivity index (χ4v) is 2.23. The number of rotatable bonds is 4. The molecule has 6 nitrogen and oxygen atoms in total. The lowest BCUT2D eigenvalue weighted by atomic mass is 10.0. The smallest absolute Gasteiger partial charge is 0.411 e. The first-order valence-electron chi connectivity index (χ1n) is 7.27. The van der Waals surface area contributed by atoms with Gasteiger partial charge in [-0.1, -0.05) is 6.42 Å². The first kappa shape index (κ1) is 15.3. The van der Waals surface area contributed by atoms with Gasteiger partial charge in [0.2, 0.25) is 5.91 Å². The van der Waals surface area contributed by atoms with E-state index in [1.54, 1.807) is 31.2 Å². The van der Waals surface area contributed by atoms with Gasteiger partial charge in [0, 0.05) is 11.4 Å². The maximum absolute atomic E-state index is 12.1. The highest BCUT2D eigenvalue weighted by atomic mass is 16.5. The Bertz CT molecular complexity index is 481. The lowest BCUT2D eigenvalue weighted by Gasteiger charge is -2.22. The standard InChI is InChI=1S/C15H21N3O3/c1-2-21-15(20)18-12-8-6-11(7-9-12)17-14(19)13-5-3-4-10-16-13/h6-9,13,16H,2-5,10H2,1H3,(H,17,19)(H,18,20). The molecule has 0 radical (unpaired) electrons. The van der Waals surface area contributed by atoms with Crippen molar-refractivity contribution in [3.63, 3.8) is 0 Å². The van der Waals surface area contributed by atoms with Gasteiger partial charge in [-0.15, -0.1) is 0 Å². The van der Waals surface area contributed by atoms with Crippen LogP contribution in [-0.2, 0) is 9.53 Å². The molecule has 1 aliphatic rings. The Kier molecular flexibility index (Phi) is 5.57. The lowest BCUT2D eigenvalue weighted by Crippen LogP contribution is -2.43. The van der Waals surface area contributed by atoms with E-state index in [2.05, 4.69) is 16.0 Å². The maximum Gasteiger partial charge on any atom is 0.411 e. The number of carbonyl (C=O) groups is 2. The molecule has 1 aromatic rings. The summed E-state index contributed by atoms with van der Waals surface area (Å²) in [6.07, 6.45) is 2.58. The van der Waals surface area contributed by atoms with Gasteiger partial charge < -0.3 is 15.4 Å². The average molecular weight is 291 g/mol. The summed E-state index contributed by atoms with van der Waals surface area (Å²) >= 11 is 0. The van der Waals surface area contributed by atoms with Gasteiger partial charge in [0.05, 0.1) is 12.6 Å². The summed E-state index contributed by atoms with van der Waals surface area (Å²) in [5.74, 6) is -0.0131. The van der Waals surface area contributed by atoms with Crippen LogP contribution in [0.1, 0.15) is 26.2 Å². The zero-order chi connectivity index (χ0) is 15.1. The van der Waals surface area contributed by atoms with Crippen LogP contribution in [-0.4, -0.2) is 31.2 Å². The van der Waals surface area contributed by atoms with Crippen molar-refractivity contribution in [1.82, 2.24) is 5.32 Å². The van der Waals surface area contributed by atoms with Gasteiger partial charge in [0.15, 0.2) is 0 Å². The number of hydrogen-bond donors (Lipinski definition) is 3. The van der Waals surface area contributed by atoms with E-state index in [0.717, 1.165) is 25.8 Å². The molecule has 2 rings (SSSR count). The Morgan fingerprint density at radius 1 is 1.19 bits per heavy atom. The Hall–Kier alpha value is -2.08. The van der Waals surface area contributed by atoms with Gasteiger partial charge in [-0.3, -0.25) is 10.1 Å². The molecule has 3 N–H and O–H groups in total. The van der Waals surface area contributed by atoms with Gasteiger partial charge in [0.1, 0.15) is 0 Å². The molecule has 1 heterocycles. The van der Waals surface area contributed by atoms with Crippen LogP contribution in [0.15, 0.2) is 24.3 Å². The third-order valence-corrected chi connectivity index (χ3v) is 3.30. The van der Waals surface area contributed by atoms with Crippen molar-refractivity contribution in [2.75, 3.05) is 23.8 Å². The van der Waals surface area contributed by atoms with Crippen LogP contribution in [0.25, 0.3) is 0 Å². The first-order valence-corrected chi connectivity index (χ1v) is 7.27. The molecule has 1 unspecified atom stereocenters. The van der Waals surface area contributed by atoms with E-state index in [9.17, 15) is 9.59 Å². The minimum Gasteiger partial charge on any atom is -0.450 e. The largest absolute Gasteiger partial charge is 0.450 e. The summed E-state index contributed by atoms with van der Waals surface area (Å²) in [5, 5.41) is 8.68. The van der Waals surface area contributed by atoms with E-state index in [-0.39, 0.29) is 11.9 Å². The van der Waals surface area contributed by atoms with Gasteiger partial charge in [-0.25, -0.2) is 4.79 Å². The van der Waals surface area contributed by atoms with E-state index in [1.807, 2.05) is 0 Å². The Morgan fingerprint density at radius 3 is 2.43 bits per heavy atom. The first-order chi connectivity index (χ1) is 10.2. The summed E-state index contributed by atoms with van der Waals surface area (Å²) in [4.78, 5) is 23.3. The maximum atomic E-state index is 12.1. The fraction of sp³-hybridized carbons (Fsp3) is 0.467. The van der Waals surface area contributed by atoms with Gasteiger partial charge >= 0.3 is 6.09 Å². The highest BCUT2D eigenvalue weighted by molar-refractivity contribution is 5.95. The molecule has 0 aromatic heterocycles. The summed E-state index contributed by atoms with van der Waals surface area (Å²) in [6, 6.07) is 6.84. The fourth-order valence-electron chi connectivity index (χ4n) is 2.23. The third-order valence-electron chi connectivity index (χ3n) is 3.30. The molecular weight excluding hydrogens is 270 g/mol. The van der Waals surface area contributed by atoms with Crippen molar-refractivity contribution >= 4 is 23.4 Å². The molecule has 114 valence electrons.